The molecule has 0 aromatic rings. The van der Waals surface area contributed by atoms with E-state index in [1.807, 2.05) is 6.08 Å². The van der Waals surface area contributed by atoms with Gasteiger partial charge in [0.15, 0.2) is 6.29 Å². The molecule has 1 fully saturated rings. The minimum Gasteiger partial charge on any atom is -0.394 e. The number of carbonyl (C=O) groups is 1. The van der Waals surface area contributed by atoms with Gasteiger partial charge >= 0.3 is 0 Å². The predicted molar refractivity (Wildman–Crippen MR) is 383 cm³/mol. The minimum absolute atomic E-state index is 0.166. The molecule has 7 atom stereocenters. The third kappa shape index (κ3) is 57.8. The molecule has 0 aromatic heterocycles. The van der Waals surface area contributed by atoms with Gasteiger partial charge in [0.05, 0.1) is 25.4 Å². The summed E-state index contributed by atoms with van der Waals surface area (Å²) in [6.07, 6.45) is 86.2. The Kier molecular flexibility index (Phi) is 66.9. The van der Waals surface area contributed by atoms with Crippen molar-refractivity contribution in [2.24, 2.45) is 0 Å². The van der Waals surface area contributed by atoms with Crippen molar-refractivity contribution in [3.05, 3.63) is 24.3 Å². The molecular formula is C80H155NO8. The van der Waals surface area contributed by atoms with Gasteiger partial charge in [-0.15, -0.1) is 0 Å². The highest BCUT2D eigenvalue weighted by molar-refractivity contribution is 5.76. The lowest BCUT2D eigenvalue weighted by Gasteiger charge is -2.40. The van der Waals surface area contributed by atoms with Gasteiger partial charge in [0.2, 0.25) is 5.91 Å². The fourth-order valence-corrected chi connectivity index (χ4v) is 13.3. The number of hydrogen-bond acceptors (Lipinski definition) is 8. The van der Waals surface area contributed by atoms with Gasteiger partial charge in [-0.3, -0.25) is 4.79 Å². The molecule has 1 amide bonds. The zero-order chi connectivity index (χ0) is 64.2. The zero-order valence-electron chi connectivity index (χ0n) is 59.5. The Morgan fingerprint density at radius 1 is 0.371 bits per heavy atom. The summed E-state index contributed by atoms with van der Waals surface area (Å²) in [5.41, 5.74) is 0. The Morgan fingerprint density at radius 2 is 0.629 bits per heavy atom. The van der Waals surface area contributed by atoms with Crippen molar-refractivity contribution in [2.75, 3.05) is 13.2 Å². The van der Waals surface area contributed by atoms with E-state index < -0.39 is 49.5 Å². The quantitative estimate of drug-likeness (QED) is 0.0261. The molecule has 1 aliphatic rings. The molecule has 0 saturated carbocycles. The summed E-state index contributed by atoms with van der Waals surface area (Å²) >= 11 is 0. The molecule has 9 heteroatoms. The smallest absolute Gasteiger partial charge is 0.220 e. The maximum Gasteiger partial charge on any atom is 0.220 e. The largest absolute Gasteiger partial charge is 0.394 e. The van der Waals surface area contributed by atoms with Crippen LogP contribution in [0.4, 0.5) is 0 Å². The lowest BCUT2D eigenvalue weighted by atomic mass is 9.99. The average Bonchev–Trinajstić information content (AvgIpc) is 2.28. The van der Waals surface area contributed by atoms with E-state index in [9.17, 15) is 30.3 Å². The molecule has 1 aliphatic heterocycles. The monoisotopic (exact) mass is 1260 g/mol. The zero-order valence-corrected chi connectivity index (χ0v) is 59.5. The highest BCUT2D eigenvalue weighted by Gasteiger charge is 2.44. The Hall–Kier alpha value is -1.33. The van der Waals surface area contributed by atoms with Crippen LogP contribution in [0.3, 0.4) is 0 Å². The van der Waals surface area contributed by atoms with Crippen LogP contribution in [0.2, 0.25) is 0 Å². The maximum atomic E-state index is 13.2. The number of carbonyl (C=O) groups excluding carboxylic acids is 1. The molecule has 1 heterocycles. The molecular weight excluding hydrogens is 1100 g/mol. The van der Waals surface area contributed by atoms with Crippen LogP contribution in [0, 0.1) is 0 Å². The third-order valence-corrected chi connectivity index (χ3v) is 19.5. The lowest BCUT2D eigenvalue weighted by molar-refractivity contribution is -0.302. The summed E-state index contributed by atoms with van der Waals surface area (Å²) in [5, 5.41) is 54.9. The topological polar surface area (TPSA) is 149 Å². The Morgan fingerprint density at radius 3 is 0.910 bits per heavy atom. The maximum absolute atomic E-state index is 13.2. The Bertz CT molecular complexity index is 1460. The van der Waals surface area contributed by atoms with E-state index in [1.165, 1.54) is 366 Å². The second kappa shape index (κ2) is 69.5. The van der Waals surface area contributed by atoms with E-state index in [-0.39, 0.29) is 12.5 Å². The summed E-state index contributed by atoms with van der Waals surface area (Å²) in [6, 6.07) is -0.804. The first-order valence-corrected chi connectivity index (χ1v) is 40.1. The molecule has 0 spiro atoms. The first-order valence-electron chi connectivity index (χ1n) is 40.1. The second-order valence-electron chi connectivity index (χ2n) is 28.2. The normalized spacial score (nSPS) is 17.9. The lowest BCUT2D eigenvalue weighted by Crippen LogP contribution is -2.60. The van der Waals surface area contributed by atoms with Crippen LogP contribution in [0.15, 0.2) is 24.3 Å². The van der Waals surface area contributed by atoms with E-state index in [0.29, 0.717) is 6.42 Å². The number of nitrogens with one attached hydrogen (secondary N) is 1. The third-order valence-electron chi connectivity index (χ3n) is 19.5. The van der Waals surface area contributed by atoms with Crippen LogP contribution in [-0.4, -0.2) is 87.5 Å². The summed E-state index contributed by atoms with van der Waals surface area (Å²) in [6.45, 7) is 3.85. The van der Waals surface area contributed by atoms with Crippen molar-refractivity contribution in [1.29, 1.82) is 0 Å². The molecule has 9 nitrogen and oxygen atoms in total. The van der Waals surface area contributed by atoms with E-state index in [2.05, 4.69) is 31.3 Å². The number of aliphatic hydroxyl groups is 5. The van der Waals surface area contributed by atoms with Gasteiger partial charge in [0.25, 0.3) is 0 Å². The molecule has 1 saturated heterocycles. The fraction of sp³-hybridized carbons (Fsp3) is 0.938. The van der Waals surface area contributed by atoms with Crippen molar-refractivity contribution < 1.29 is 39.8 Å². The first-order chi connectivity index (χ1) is 43.8. The van der Waals surface area contributed by atoms with Gasteiger partial charge < -0.3 is 40.3 Å². The van der Waals surface area contributed by atoms with Gasteiger partial charge in [0.1, 0.15) is 24.4 Å². The van der Waals surface area contributed by atoms with Gasteiger partial charge in [-0.1, -0.05) is 398 Å². The van der Waals surface area contributed by atoms with Crippen molar-refractivity contribution in [3.8, 4) is 0 Å². The molecule has 0 radical (unpaired) electrons. The average molecular weight is 1260 g/mol. The van der Waals surface area contributed by atoms with Crippen LogP contribution in [0.5, 0.6) is 0 Å². The molecule has 0 aliphatic carbocycles. The first kappa shape index (κ1) is 85.7. The highest BCUT2D eigenvalue weighted by atomic mass is 16.7. The van der Waals surface area contributed by atoms with Gasteiger partial charge in [-0.05, 0) is 44.9 Å². The molecule has 7 unspecified atom stereocenters. The van der Waals surface area contributed by atoms with Crippen molar-refractivity contribution >= 4 is 5.91 Å². The SMILES string of the molecule is CCCCCCCCCC/C=C\CCCCCCCCCCCCCCCCCCCCCCCCCCCC(=O)NC(COC1OC(CO)C(O)C(O)C1O)C(O)/C=C/CCCCCCCCCCCCCCCCCCCCCCCCCCCCC. The van der Waals surface area contributed by atoms with Crippen LogP contribution in [0.25, 0.3) is 0 Å². The second-order valence-corrected chi connectivity index (χ2v) is 28.2. The van der Waals surface area contributed by atoms with Gasteiger partial charge in [-0.25, -0.2) is 0 Å². The summed E-state index contributed by atoms with van der Waals surface area (Å²) in [5.74, 6) is -0.166. The van der Waals surface area contributed by atoms with Crippen LogP contribution in [-0.2, 0) is 14.3 Å². The predicted octanol–water partition coefficient (Wildman–Crippen LogP) is 22.8. The number of amides is 1. The van der Waals surface area contributed by atoms with Gasteiger partial charge in [-0.2, -0.15) is 0 Å². The van der Waals surface area contributed by atoms with Crippen LogP contribution in [0.1, 0.15) is 425 Å². The number of ether oxygens (including phenoxy) is 2. The molecule has 89 heavy (non-hydrogen) atoms. The van der Waals surface area contributed by atoms with E-state index in [0.717, 1.165) is 38.5 Å². The Labute approximate surface area is 553 Å². The molecule has 1 rings (SSSR count). The van der Waals surface area contributed by atoms with E-state index in [1.54, 1.807) is 6.08 Å². The summed E-state index contributed by atoms with van der Waals surface area (Å²) in [7, 11) is 0. The Balaban J connectivity index is 2.05. The molecule has 6 N–H and O–H groups in total. The van der Waals surface area contributed by atoms with Crippen LogP contribution >= 0.6 is 0 Å². The molecule has 528 valence electrons. The number of allylic oxidation sites excluding steroid dienone is 3. The van der Waals surface area contributed by atoms with Crippen molar-refractivity contribution in [2.45, 2.75) is 468 Å². The standard InChI is InChI=1S/C80H155NO8/c1-3-5-7-9-11-13-15-17-19-21-23-25-27-29-31-33-34-35-36-37-38-39-40-42-44-46-48-50-52-54-56-58-60-62-64-66-68-70-76(84)81-73(72-88-80-79(87)78(86)77(85)75(71-82)89-80)74(83)69-67-65-63-61-59-57-55-53-51-49-47-45-43-41-32-30-28-26-24-22-20-18-16-14-12-10-8-6-4-2/h21,23,67,69,73-75,77-80,82-83,85-87H,3-20,22,24-66,68,70-72H2,1-2H3,(H,81,84)/b23-21-,69-67+. The number of unbranched alkanes of at least 4 members (excludes halogenated alkanes) is 60. The van der Waals surface area contributed by atoms with Gasteiger partial charge in [0, 0.05) is 6.42 Å². The van der Waals surface area contributed by atoms with Crippen molar-refractivity contribution in [1.82, 2.24) is 5.32 Å². The minimum atomic E-state index is -1.57. The van der Waals surface area contributed by atoms with Crippen molar-refractivity contribution in [3.63, 3.8) is 0 Å². The number of hydrogen-bond donors (Lipinski definition) is 6. The fourth-order valence-electron chi connectivity index (χ4n) is 13.3. The van der Waals surface area contributed by atoms with Crippen LogP contribution < -0.4 is 5.32 Å². The summed E-state index contributed by atoms with van der Waals surface area (Å²) < 4.78 is 11.4. The molecule has 0 bridgehead atoms. The molecule has 0 aromatic carbocycles. The van der Waals surface area contributed by atoms with E-state index in [4.69, 9.17) is 9.47 Å². The number of rotatable bonds is 72. The van der Waals surface area contributed by atoms with E-state index >= 15 is 0 Å². The number of aliphatic hydroxyl groups excluding tert-OH is 5. The summed E-state index contributed by atoms with van der Waals surface area (Å²) in [4.78, 5) is 13.2. The highest BCUT2D eigenvalue weighted by Crippen LogP contribution is 2.24.